The van der Waals surface area contributed by atoms with E-state index >= 15 is 0 Å². The summed E-state index contributed by atoms with van der Waals surface area (Å²) in [5, 5.41) is 11.7. The lowest BCUT2D eigenvalue weighted by Gasteiger charge is -2.38. The van der Waals surface area contributed by atoms with Crippen LogP contribution in [0.5, 0.6) is 0 Å². The Balaban J connectivity index is 1.68. The predicted molar refractivity (Wildman–Crippen MR) is 115 cm³/mol. The zero-order valence-electron chi connectivity index (χ0n) is 17.4. The minimum Gasteiger partial charge on any atom is -0.368 e. The van der Waals surface area contributed by atoms with Crippen molar-refractivity contribution in [2.24, 2.45) is 12.0 Å². The molecule has 2 heterocycles. The van der Waals surface area contributed by atoms with Gasteiger partial charge in [-0.05, 0) is 38.0 Å². The Morgan fingerprint density at radius 2 is 1.93 bits per heavy atom. The van der Waals surface area contributed by atoms with E-state index in [0.29, 0.717) is 13.1 Å². The van der Waals surface area contributed by atoms with Crippen molar-refractivity contribution in [3.8, 4) is 0 Å². The number of nitrogens with zero attached hydrogens (tertiary/aromatic N) is 6. The minimum atomic E-state index is 0.508. The van der Waals surface area contributed by atoms with Gasteiger partial charge in [0, 0.05) is 45.5 Å². The van der Waals surface area contributed by atoms with Gasteiger partial charge >= 0.3 is 0 Å². The lowest BCUT2D eigenvalue weighted by molar-refractivity contribution is 0.373. The van der Waals surface area contributed by atoms with E-state index in [1.165, 1.54) is 16.8 Å². The molecule has 1 saturated heterocycles. The van der Waals surface area contributed by atoms with Crippen LogP contribution in [0.2, 0.25) is 0 Å². The number of benzene rings is 1. The topological polar surface area (TPSA) is 61.6 Å². The van der Waals surface area contributed by atoms with Crippen molar-refractivity contribution < 1.29 is 0 Å². The molecule has 0 atom stereocenters. The van der Waals surface area contributed by atoms with Gasteiger partial charge in [0.2, 0.25) is 0 Å². The van der Waals surface area contributed by atoms with E-state index in [4.69, 9.17) is 4.99 Å². The van der Waals surface area contributed by atoms with Crippen LogP contribution in [0.25, 0.3) is 0 Å². The third-order valence-electron chi connectivity index (χ3n) is 5.24. The van der Waals surface area contributed by atoms with Gasteiger partial charge in [0.15, 0.2) is 11.8 Å². The van der Waals surface area contributed by atoms with Crippen molar-refractivity contribution in [2.75, 3.05) is 37.6 Å². The Labute approximate surface area is 167 Å². The van der Waals surface area contributed by atoms with Gasteiger partial charge in [0.25, 0.3) is 0 Å². The van der Waals surface area contributed by atoms with E-state index in [1.807, 2.05) is 24.6 Å². The molecule has 150 valence electrons. The first kappa shape index (κ1) is 19.9. The quantitative estimate of drug-likeness (QED) is 0.489. The standard InChI is InChI=1S/C21H31N7/c1-6-9-22-21(23-15-20-25-24-18(4)26(20)5)28-12-10-27(11-13-28)19-14-16(2)7-8-17(19)3/h6-8,14H,1,9-13,15H2,2-5H3,(H,22,23). The molecule has 1 aromatic carbocycles. The first-order chi connectivity index (χ1) is 13.5. The molecule has 0 bridgehead atoms. The highest BCUT2D eigenvalue weighted by Gasteiger charge is 2.21. The zero-order valence-corrected chi connectivity index (χ0v) is 17.4. The van der Waals surface area contributed by atoms with Gasteiger partial charge in [0.1, 0.15) is 12.4 Å². The molecule has 3 rings (SSSR count). The predicted octanol–water partition coefficient (Wildman–Crippen LogP) is 2.19. The van der Waals surface area contributed by atoms with E-state index in [9.17, 15) is 0 Å². The summed E-state index contributed by atoms with van der Waals surface area (Å²) in [6.45, 7) is 15.1. The first-order valence-corrected chi connectivity index (χ1v) is 9.81. The zero-order chi connectivity index (χ0) is 20.1. The Morgan fingerprint density at radius 1 is 1.18 bits per heavy atom. The first-order valence-electron chi connectivity index (χ1n) is 9.81. The summed E-state index contributed by atoms with van der Waals surface area (Å²) in [5.41, 5.74) is 3.97. The fraction of sp³-hybridized carbons (Fsp3) is 0.476. The number of aryl methyl sites for hydroxylation is 3. The monoisotopic (exact) mass is 381 g/mol. The molecular formula is C21H31N7. The summed E-state index contributed by atoms with van der Waals surface area (Å²) in [4.78, 5) is 9.58. The van der Waals surface area contributed by atoms with Crippen LogP contribution in [0.15, 0.2) is 35.8 Å². The van der Waals surface area contributed by atoms with Gasteiger partial charge < -0.3 is 19.7 Å². The van der Waals surface area contributed by atoms with Crippen LogP contribution in [0.4, 0.5) is 5.69 Å². The maximum absolute atomic E-state index is 4.80. The minimum absolute atomic E-state index is 0.508. The van der Waals surface area contributed by atoms with Crippen LogP contribution in [0.1, 0.15) is 22.8 Å². The number of rotatable bonds is 5. The van der Waals surface area contributed by atoms with Gasteiger partial charge in [-0.1, -0.05) is 18.2 Å². The van der Waals surface area contributed by atoms with Crippen molar-refractivity contribution >= 4 is 11.6 Å². The van der Waals surface area contributed by atoms with Crippen LogP contribution < -0.4 is 10.2 Å². The summed E-state index contributed by atoms with van der Waals surface area (Å²) in [5.74, 6) is 2.67. The SMILES string of the molecule is C=CCNC(=NCc1nnc(C)n1C)N1CCN(c2cc(C)ccc2C)CC1. The third-order valence-corrected chi connectivity index (χ3v) is 5.24. The molecule has 28 heavy (non-hydrogen) atoms. The largest absolute Gasteiger partial charge is 0.368 e. The van der Waals surface area contributed by atoms with Crippen LogP contribution >= 0.6 is 0 Å². The van der Waals surface area contributed by atoms with Crippen molar-refractivity contribution in [1.29, 1.82) is 0 Å². The number of piperazine rings is 1. The lowest BCUT2D eigenvalue weighted by Crippen LogP contribution is -2.52. The van der Waals surface area contributed by atoms with Crippen LogP contribution in [0.3, 0.4) is 0 Å². The number of hydrogen-bond donors (Lipinski definition) is 1. The smallest absolute Gasteiger partial charge is 0.194 e. The van der Waals surface area contributed by atoms with Crippen molar-refractivity contribution in [3.63, 3.8) is 0 Å². The van der Waals surface area contributed by atoms with Gasteiger partial charge in [0.05, 0.1) is 0 Å². The molecule has 7 nitrogen and oxygen atoms in total. The van der Waals surface area contributed by atoms with E-state index in [1.54, 1.807) is 0 Å². The molecule has 0 amide bonds. The van der Waals surface area contributed by atoms with Crippen LogP contribution in [-0.2, 0) is 13.6 Å². The molecule has 1 N–H and O–H groups in total. The number of nitrogens with one attached hydrogen (secondary N) is 1. The molecule has 1 aliphatic heterocycles. The maximum Gasteiger partial charge on any atom is 0.194 e. The fourth-order valence-corrected chi connectivity index (χ4v) is 3.38. The highest BCUT2D eigenvalue weighted by Crippen LogP contribution is 2.22. The van der Waals surface area contributed by atoms with Gasteiger partial charge in [-0.15, -0.1) is 16.8 Å². The van der Waals surface area contributed by atoms with Gasteiger partial charge in [-0.25, -0.2) is 4.99 Å². The number of anilines is 1. The summed E-state index contributed by atoms with van der Waals surface area (Å²) in [7, 11) is 1.97. The molecule has 1 aromatic heterocycles. The van der Waals surface area contributed by atoms with Crippen LogP contribution in [-0.4, -0.2) is 58.3 Å². The number of hydrogen-bond acceptors (Lipinski definition) is 4. The molecule has 1 aliphatic rings. The second-order valence-electron chi connectivity index (χ2n) is 7.30. The Hall–Kier alpha value is -2.83. The third kappa shape index (κ3) is 4.52. The summed E-state index contributed by atoms with van der Waals surface area (Å²) in [6.07, 6.45) is 1.86. The van der Waals surface area contributed by atoms with Crippen LogP contribution in [0, 0.1) is 20.8 Å². The van der Waals surface area contributed by atoms with Crippen molar-refractivity contribution in [1.82, 2.24) is 25.0 Å². The molecule has 2 aromatic rings. The summed E-state index contributed by atoms with van der Waals surface area (Å²) in [6, 6.07) is 6.66. The Bertz CT molecular complexity index is 844. The second-order valence-corrected chi connectivity index (χ2v) is 7.30. The molecule has 7 heteroatoms. The van der Waals surface area contributed by atoms with E-state index in [-0.39, 0.29) is 0 Å². The second kappa shape index (κ2) is 8.91. The number of aliphatic imine (C=N–C) groups is 1. The van der Waals surface area contributed by atoms with Crippen molar-refractivity contribution in [2.45, 2.75) is 27.3 Å². The van der Waals surface area contributed by atoms with E-state index in [0.717, 1.165) is 43.8 Å². The molecule has 0 saturated carbocycles. The van der Waals surface area contributed by atoms with Gasteiger partial charge in [-0.3, -0.25) is 0 Å². The number of aromatic nitrogens is 3. The highest BCUT2D eigenvalue weighted by atomic mass is 15.4. The Morgan fingerprint density at radius 3 is 2.57 bits per heavy atom. The normalized spacial score (nSPS) is 15.1. The average Bonchev–Trinajstić information content (AvgIpc) is 3.02. The van der Waals surface area contributed by atoms with Crippen molar-refractivity contribution in [3.05, 3.63) is 53.6 Å². The summed E-state index contributed by atoms with van der Waals surface area (Å²) >= 11 is 0. The molecule has 0 radical (unpaired) electrons. The summed E-state index contributed by atoms with van der Waals surface area (Å²) < 4.78 is 1.98. The van der Waals surface area contributed by atoms with E-state index in [2.05, 4.69) is 63.9 Å². The number of guanidine groups is 1. The molecular weight excluding hydrogens is 350 g/mol. The maximum atomic E-state index is 4.80. The highest BCUT2D eigenvalue weighted by molar-refractivity contribution is 5.80. The van der Waals surface area contributed by atoms with E-state index < -0.39 is 0 Å². The molecule has 0 aliphatic carbocycles. The molecule has 0 unspecified atom stereocenters. The Kier molecular flexibility index (Phi) is 6.34. The lowest BCUT2D eigenvalue weighted by atomic mass is 10.1. The molecule has 0 spiro atoms. The molecule has 1 fully saturated rings. The average molecular weight is 382 g/mol. The fourth-order valence-electron chi connectivity index (χ4n) is 3.38. The van der Waals surface area contributed by atoms with Gasteiger partial charge in [-0.2, -0.15) is 0 Å².